The molecule has 2 saturated heterocycles. The fourth-order valence-electron chi connectivity index (χ4n) is 6.92. The lowest BCUT2D eigenvalue weighted by molar-refractivity contribution is -0.207. The van der Waals surface area contributed by atoms with E-state index in [1.54, 1.807) is 27.7 Å². The molecule has 5 heterocycles. The number of nitrogens with zero attached hydrogens (tertiary/aromatic N) is 8. The third-order valence-corrected chi connectivity index (χ3v) is 14.1. The molecule has 2 N–H and O–H groups in total. The Morgan fingerprint density at radius 3 is 2.54 bits per heavy atom. The van der Waals surface area contributed by atoms with Crippen LogP contribution in [0.3, 0.4) is 0 Å². The second kappa shape index (κ2) is 17.7. The predicted molar refractivity (Wildman–Crippen MR) is 202 cm³/mol. The lowest BCUT2D eigenvalue weighted by Gasteiger charge is -2.37. The Labute approximate surface area is 331 Å². The molecule has 0 aromatic carbocycles. The smallest absolute Gasteiger partial charge is 0.393 e. The van der Waals surface area contributed by atoms with Crippen LogP contribution in [0.15, 0.2) is 6.20 Å². The fourth-order valence-corrected chi connectivity index (χ4v) is 9.80. The van der Waals surface area contributed by atoms with Gasteiger partial charge in [-0.1, -0.05) is 32.5 Å². The van der Waals surface area contributed by atoms with E-state index in [0.717, 1.165) is 31.7 Å². The van der Waals surface area contributed by atoms with Crippen LogP contribution in [0.5, 0.6) is 5.88 Å². The SMILES string of the molecule is CCOP(=O)(OCC)C(CO)(Cc1nnn(COCC[Si](C)(C)C)n1)OC[C@H]1O[C@@H](n2ncc3c(OC(=O)NC4CCCC4)nc(Cl)nc32)[C@@H]2OC(C)(C)O[C@@H]21. The zero-order valence-electron chi connectivity index (χ0n) is 32.9. The Balaban J connectivity index is 1.24. The van der Waals surface area contributed by atoms with Crippen LogP contribution in [0.25, 0.3) is 11.0 Å². The number of rotatable bonds is 19. The van der Waals surface area contributed by atoms with E-state index in [0.29, 0.717) is 12.0 Å². The monoisotopic (exact) mass is 845 g/mol. The summed E-state index contributed by atoms with van der Waals surface area (Å²) in [5.74, 6) is -0.997. The maximum Gasteiger partial charge on any atom is 0.414 e. The van der Waals surface area contributed by atoms with Crippen molar-refractivity contribution in [1.82, 2.24) is 45.3 Å². The highest BCUT2D eigenvalue weighted by atomic mass is 35.5. The molecule has 3 fully saturated rings. The van der Waals surface area contributed by atoms with E-state index in [2.05, 4.69) is 55.4 Å². The number of aliphatic hydroxyl groups is 1. The third-order valence-electron chi connectivity index (χ3n) is 9.62. The van der Waals surface area contributed by atoms with Crippen molar-refractivity contribution in [3.63, 3.8) is 0 Å². The Hall–Kier alpha value is -2.69. The van der Waals surface area contributed by atoms with Crippen molar-refractivity contribution in [2.75, 3.05) is 33.0 Å². The molecule has 56 heavy (non-hydrogen) atoms. The van der Waals surface area contributed by atoms with Crippen LogP contribution >= 0.6 is 19.2 Å². The molecule has 20 nitrogen and oxygen atoms in total. The minimum absolute atomic E-state index is 0.00396. The summed E-state index contributed by atoms with van der Waals surface area (Å²) in [4.78, 5) is 22.6. The van der Waals surface area contributed by atoms with Crippen molar-refractivity contribution in [1.29, 1.82) is 0 Å². The summed E-state index contributed by atoms with van der Waals surface area (Å²) in [6, 6.07) is 0.991. The molecule has 3 aliphatic rings. The number of aliphatic hydroxyl groups excluding tert-OH is 1. The molecule has 1 amide bonds. The average Bonchev–Trinajstić information content (AvgIpc) is 3.96. The van der Waals surface area contributed by atoms with Gasteiger partial charge < -0.3 is 47.9 Å². The van der Waals surface area contributed by atoms with Crippen LogP contribution < -0.4 is 10.1 Å². The molecule has 0 spiro atoms. The Morgan fingerprint density at radius 1 is 1.14 bits per heavy atom. The first-order valence-corrected chi connectivity index (χ1v) is 24.6. The van der Waals surface area contributed by atoms with Gasteiger partial charge in [-0.25, -0.2) is 9.48 Å². The van der Waals surface area contributed by atoms with Gasteiger partial charge in [0.2, 0.25) is 11.2 Å². The van der Waals surface area contributed by atoms with Crippen LogP contribution in [-0.2, 0) is 50.4 Å². The lowest BCUT2D eigenvalue weighted by Crippen LogP contribution is -2.44. The highest BCUT2D eigenvalue weighted by Crippen LogP contribution is 2.62. The average molecular weight is 846 g/mol. The molecule has 312 valence electrons. The summed E-state index contributed by atoms with van der Waals surface area (Å²) in [6.07, 6.45) is 1.01. The number of ether oxygens (including phenoxy) is 6. The minimum atomic E-state index is -4.24. The number of hydrogen-bond donors (Lipinski definition) is 2. The first-order valence-electron chi connectivity index (χ1n) is 19.0. The third kappa shape index (κ3) is 9.77. The molecular formula is C33H53ClN9O11PSi. The maximum absolute atomic E-state index is 14.5. The first-order chi connectivity index (χ1) is 26.6. The van der Waals surface area contributed by atoms with Gasteiger partial charge in [0.25, 0.3) is 0 Å². The number of amides is 1. The molecule has 0 bridgehead atoms. The number of carbonyl (C=O) groups excluding carboxylic acids is 1. The molecule has 23 heteroatoms. The van der Waals surface area contributed by atoms with Gasteiger partial charge in [0.1, 0.15) is 23.7 Å². The number of hydrogen-bond acceptors (Lipinski definition) is 17. The second-order valence-electron chi connectivity index (χ2n) is 15.6. The number of tetrazole rings is 1. The molecule has 1 aliphatic carbocycles. The van der Waals surface area contributed by atoms with E-state index in [-0.39, 0.29) is 61.6 Å². The van der Waals surface area contributed by atoms with Crippen molar-refractivity contribution in [3.8, 4) is 5.88 Å². The Morgan fingerprint density at radius 2 is 1.86 bits per heavy atom. The van der Waals surface area contributed by atoms with Crippen molar-refractivity contribution in [3.05, 3.63) is 17.3 Å². The van der Waals surface area contributed by atoms with Gasteiger partial charge in [-0.2, -0.15) is 15.1 Å². The second-order valence-corrected chi connectivity index (χ2v) is 23.9. The molecule has 6 rings (SSSR count). The number of carbonyl (C=O) groups is 1. The van der Waals surface area contributed by atoms with Crippen LogP contribution in [0, 0.1) is 0 Å². The highest BCUT2D eigenvalue weighted by Gasteiger charge is 2.59. The molecule has 0 radical (unpaired) electrons. The normalized spacial score (nSPS) is 23.8. The van der Waals surface area contributed by atoms with Crippen LogP contribution in [-0.4, -0.2) is 128 Å². The zero-order valence-corrected chi connectivity index (χ0v) is 35.5. The Kier molecular flexibility index (Phi) is 13.5. The van der Waals surface area contributed by atoms with Crippen molar-refractivity contribution in [2.45, 2.75) is 134 Å². The molecular weight excluding hydrogens is 793 g/mol. The minimum Gasteiger partial charge on any atom is -0.393 e. The summed E-state index contributed by atoms with van der Waals surface area (Å²) >= 11 is 6.34. The quantitative estimate of drug-likeness (QED) is 0.0736. The van der Waals surface area contributed by atoms with Crippen LogP contribution in [0.4, 0.5) is 4.79 Å². The van der Waals surface area contributed by atoms with Gasteiger partial charge in [-0.15, -0.1) is 15.0 Å². The first kappa shape index (κ1) is 42.9. The van der Waals surface area contributed by atoms with E-state index < -0.39 is 64.0 Å². The molecule has 1 unspecified atom stereocenters. The summed E-state index contributed by atoms with van der Waals surface area (Å²) < 4.78 is 64.4. The number of fused-ring (bicyclic) bond motifs is 2. The number of nitrogens with one attached hydrogen (secondary N) is 1. The predicted octanol–water partition coefficient (Wildman–Crippen LogP) is 4.44. The van der Waals surface area contributed by atoms with Gasteiger partial charge in [0.15, 0.2) is 35.6 Å². The number of aromatic nitrogens is 8. The van der Waals surface area contributed by atoms with Crippen LogP contribution in [0.1, 0.15) is 65.4 Å². The van der Waals surface area contributed by atoms with E-state index in [9.17, 15) is 14.5 Å². The van der Waals surface area contributed by atoms with Crippen LogP contribution in [0.2, 0.25) is 31.0 Å². The van der Waals surface area contributed by atoms with Gasteiger partial charge in [0, 0.05) is 20.7 Å². The topological polar surface area (TPSA) is 227 Å². The van der Waals surface area contributed by atoms with Gasteiger partial charge in [-0.3, -0.25) is 4.57 Å². The fraction of sp³-hybridized carbons (Fsp3) is 0.788. The zero-order chi connectivity index (χ0) is 40.3. The van der Waals surface area contributed by atoms with Crippen molar-refractivity contribution >= 4 is 44.4 Å². The van der Waals surface area contributed by atoms with E-state index in [4.69, 9.17) is 49.1 Å². The van der Waals surface area contributed by atoms with E-state index >= 15 is 0 Å². The number of halogens is 1. The summed E-state index contributed by atoms with van der Waals surface area (Å²) in [7, 11) is -5.54. The highest BCUT2D eigenvalue weighted by molar-refractivity contribution is 7.55. The van der Waals surface area contributed by atoms with E-state index in [1.165, 1.54) is 15.7 Å². The van der Waals surface area contributed by atoms with Crippen molar-refractivity contribution in [2.24, 2.45) is 0 Å². The lowest BCUT2D eigenvalue weighted by atomic mass is 10.1. The summed E-state index contributed by atoms with van der Waals surface area (Å²) in [6.45, 7) is 13.1. The van der Waals surface area contributed by atoms with Gasteiger partial charge in [-0.05, 0) is 63.4 Å². The molecule has 3 aromatic rings. The molecule has 1 saturated carbocycles. The molecule has 2 aliphatic heterocycles. The maximum atomic E-state index is 14.5. The molecule has 3 aromatic heterocycles. The largest absolute Gasteiger partial charge is 0.414 e. The van der Waals surface area contributed by atoms with Gasteiger partial charge in [0.05, 0.1) is 39.0 Å². The Bertz CT molecular complexity index is 1850. The van der Waals surface area contributed by atoms with E-state index in [1.807, 2.05) is 0 Å². The van der Waals surface area contributed by atoms with Gasteiger partial charge >= 0.3 is 13.7 Å². The molecule has 5 atom stereocenters. The van der Waals surface area contributed by atoms with Crippen molar-refractivity contribution < 1.29 is 51.9 Å². The standard InChI is InChI=1S/C33H53ClN9O11PSi/c1-8-49-55(46,50-9-2)33(19-44,16-24-39-41-42(40-24)20-47-14-15-56(5,6)7)48-18-23-25-26(54-32(3,4)53-25)29(51-23)43-27-22(17-35-43)28(38-30(34)37-27)52-31(45)36-21-12-10-11-13-21/h17,21,23,25-26,29,44H,8-16,18-20H2,1-7H3,(H,36,45)/t23-,25-,26-,29-,33?/m1/s1. The summed E-state index contributed by atoms with van der Waals surface area (Å²) in [5, 5.41) is 29.2. The summed E-state index contributed by atoms with van der Waals surface area (Å²) in [5.41, 5.74) is 0.216.